The molecule has 3 heterocycles. The molecular weight excluding hydrogens is 388 g/mol. The number of para-hydroxylation sites is 1. The molecule has 3 aromatic heterocycles. The van der Waals surface area contributed by atoms with E-state index in [1.807, 2.05) is 48.0 Å². The monoisotopic (exact) mass is 408 g/mol. The highest BCUT2D eigenvalue weighted by atomic mass is 32.1. The van der Waals surface area contributed by atoms with Crippen molar-refractivity contribution in [2.45, 2.75) is 12.8 Å². The van der Waals surface area contributed by atoms with Crippen molar-refractivity contribution in [3.63, 3.8) is 0 Å². The zero-order valence-electron chi connectivity index (χ0n) is 15.6. The van der Waals surface area contributed by atoms with Gasteiger partial charge in [-0.3, -0.25) is 9.59 Å². The van der Waals surface area contributed by atoms with Gasteiger partial charge in [0.05, 0.1) is 11.3 Å². The van der Waals surface area contributed by atoms with Gasteiger partial charge in [0.25, 0.3) is 5.91 Å². The number of aromatic nitrogens is 2. The molecule has 0 saturated heterocycles. The van der Waals surface area contributed by atoms with Crippen molar-refractivity contribution < 1.29 is 14.1 Å². The lowest BCUT2D eigenvalue weighted by Crippen LogP contribution is -2.30. The smallest absolute Gasteiger partial charge is 0.273 e. The second kappa shape index (κ2) is 8.74. The summed E-state index contributed by atoms with van der Waals surface area (Å²) < 4.78 is 5.21. The Bertz CT molecular complexity index is 1110. The lowest BCUT2D eigenvalue weighted by molar-refractivity contribution is -0.120. The summed E-state index contributed by atoms with van der Waals surface area (Å²) in [5.41, 5.74) is 2.24. The number of hydrogen-bond donors (Lipinski definition) is 3. The number of carbonyl (C=O) groups is 2. The SMILES string of the molecule is O=C(Cc1c[nH]c2ccccc12)NCCCNC(=O)c1cc(-c2cccs2)on1. The average molecular weight is 408 g/mol. The maximum absolute atomic E-state index is 12.2. The van der Waals surface area contributed by atoms with Crippen LogP contribution in [0.1, 0.15) is 22.5 Å². The van der Waals surface area contributed by atoms with Gasteiger partial charge >= 0.3 is 0 Å². The van der Waals surface area contributed by atoms with E-state index in [0.29, 0.717) is 31.7 Å². The molecule has 1 aromatic carbocycles. The van der Waals surface area contributed by atoms with Gasteiger partial charge in [0, 0.05) is 36.3 Å². The van der Waals surface area contributed by atoms with E-state index < -0.39 is 0 Å². The second-order valence-corrected chi connectivity index (χ2v) is 7.50. The highest BCUT2D eigenvalue weighted by molar-refractivity contribution is 7.13. The van der Waals surface area contributed by atoms with Crippen LogP contribution in [0.15, 0.2) is 58.6 Å². The number of amides is 2. The van der Waals surface area contributed by atoms with Crippen molar-refractivity contribution in [2.24, 2.45) is 0 Å². The van der Waals surface area contributed by atoms with Gasteiger partial charge in [-0.15, -0.1) is 11.3 Å². The van der Waals surface area contributed by atoms with Crippen molar-refractivity contribution in [3.05, 3.63) is 65.3 Å². The summed E-state index contributed by atoms with van der Waals surface area (Å²) in [6.45, 7) is 0.925. The molecule has 0 atom stereocenters. The Balaban J connectivity index is 1.18. The van der Waals surface area contributed by atoms with Crippen LogP contribution in [-0.2, 0) is 11.2 Å². The fraction of sp³-hybridized carbons (Fsp3) is 0.190. The predicted molar refractivity (Wildman–Crippen MR) is 112 cm³/mol. The number of nitrogens with zero attached hydrogens (tertiary/aromatic N) is 1. The molecule has 8 heteroatoms. The summed E-state index contributed by atoms with van der Waals surface area (Å²) in [6.07, 6.45) is 2.81. The number of fused-ring (bicyclic) bond motifs is 1. The summed E-state index contributed by atoms with van der Waals surface area (Å²) in [5, 5.41) is 12.5. The molecular formula is C21H20N4O3S. The van der Waals surface area contributed by atoms with Crippen molar-refractivity contribution >= 4 is 34.1 Å². The lowest BCUT2D eigenvalue weighted by atomic mass is 10.1. The summed E-state index contributed by atoms with van der Waals surface area (Å²) >= 11 is 1.52. The van der Waals surface area contributed by atoms with E-state index in [-0.39, 0.29) is 17.5 Å². The number of rotatable bonds is 8. The van der Waals surface area contributed by atoms with Crippen molar-refractivity contribution in [3.8, 4) is 10.6 Å². The van der Waals surface area contributed by atoms with Crippen LogP contribution in [0.25, 0.3) is 21.5 Å². The molecule has 4 rings (SSSR count). The molecule has 29 heavy (non-hydrogen) atoms. The first-order valence-corrected chi connectivity index (χ1v) is 10.2. The molecule has 0 unspecified atom stereocenters. The molecule has 3 N–H and O–H groups in total. The predicted octanol–water partition coefficient (Wildman–Crippen LogP) is 3.36. The van der Waals surface area contributed by atoms with Gasteiger partial charge in [0.1, 0.15) is 0 Å². The zero-order chi connectivity index (χ0) is 20.1. The summed E-state index contributed by atoms with van der Waals surface area (Å²) in [7, 11) is 0. The Morgan fingerprint density at radius 2 is 1.97 bits per heavy atom. The Morgan fingerprint density at radius 3 is 2.83 bits per heavy atom. The molecule has 148 valence electrons. The van der Waals surface area contributed by atoms with Gasteiger partial charge in [-0.2, -0.15) is 0 Å². The van der Waals surface area contributed by atoms with Gasteiger partial charge in [0.2, 0.25) is 5.91 Å². The van der Waals surface area contributed by atoms with Crippen LogP contribution in [0, 0.1) is 0 Å². The molecule has 0 radical (unpaired) electrons. The minimum atomic E-state index is -0.290. The highest BCUT2D eigenvalue weighted by Gasteiger charge is 2.14. The first-order chi connectivity index (χ1) is 14.2. The molecule has 0 aliphatic carbocycles. The molecule has 0 spiro atoms. The van der Waals surface area contributed by atoms with E-state index in [0.717, 1.165) is 21.3 Å². The average Bonchev–Trinajstić information content (AvgIpc) is 3.48. The fourth-order valence-corrected chi connectivity index (χ4v) is 3.71. The van der Waals surface area contributed by atoms with E-state index >= 15 is 0 Å². The number of carbonyl (C=O) groups excluding carboxylic acids is 2. The van der Waals surface area contributed by atoms with E-state index in [1.54, 1.807) is 6.07 Å². The van der Waals surface area contributed by atoms with E-state index in [4.69, 9.17) is 4.52 Å². The first-order valence-electron chi connectivity index (χ1n) is 9.31. The third kappa shape index (κ3) is 4.55. The number of hydrogen-bond acceptors (Lipinski definition) is 5. The Hall–Kier alpha value is -3.39. The minimum absolute atomic E-state index is 0.0434. The van der Waals surface area contributed by atoms with Crippen LogP contribution in [0.3, 0.4) is 0 Å². The maximum atomic E-state index is 12.2. The number of benzene rings is 1. The van der Waals surface area contributed by atoms with Crippen LogP contribution in [0.5, 0.6) is 0 Å². The Labute approximate surface area is 171 Å². The van der Waals surface area contributed by atoms with Crippen LogP contribution in [0.2, 0.25) is 0 Å². The number of thiophene rings is 1. The largest absolute Gasteiger partial charge is 0.361 e. The summed E-state index contributed by atoms with van der Waals surface area (Å²) in [5.74, 6) is 0.245. The van der Waals surface area contributed by atoms with E-state index in [1.165, 1.54) is 11.3 Å². The quantitative estimate of drug-likeness (QED) is 0.389. The fourth-order valence-electron chi connectivity index (χ4n) is 3.04. The van der Waals surface area contributed by atoms with Crippen LogP contribution >= 0.6 is 11.3 Å². The van der Waals surface area contributed by atoms with Gasteiger partial charge in [-0.05, 0) is 29.5 Å². The van der Waals surface area contributed by atoms with Gasteiger partial charge in [-0.25, -0.2) is 0 Å². The summed E-state index contributed by atoms with van der Waals surface area (Å²) in [4.78, 5) is 28.4. The molecule has 0 saturated carbocycles. The van der Waals surface area contributed by atoms with Crippen LogP contribution < -0.4 is 10.6 Å². The number of H-pyrrole nitrogens is 1. The molecule has 0 aliphatic rings. The maximum Gasteiger partial charge on any atom is 0.273 e. The minimum Gasteiger partial charge on any atom is -0.361 e. The third-order valence-electron chi connectivity index (χ3n) is 4.49. The van der Waals surface area contributed by atoms with E-state index in [2.05, 4.69) is 20.8 Å². The van der Waals surface area contributed by atoms with Gasteiger partial charge in [-0.1, -0.05) is 29.4 Å². The lowest BCUT2D eigenvalue weighted by Gasteiger charge is -2.06. The Kier molecular flexibility index (Phi) is 5.71. The van der Waals surface area contributed by atoms with Crippen molar-refractivity contribution in [1.82, 2.24) is 20.8 Å². The number of nitrogens with one attached hydrogen (secondary N) is 3. The standard InChI is InChI=1S/C21H20N4O3S/c26-20(11-14-13-24-16-6-2-1-5-15(14)16)22-8-4-9-23-21(27)17-12-18(28-25-17)19-7-3-10-29-19/h1-3,5-7,10,12-13,24H,4,8-9,11H2,(H,22,26)(H,23,27). The highest BCUT2D eigenvalue weighted by Crippen LogP contribution is 2.25. The van der Waals surface area contributed by atoms with Crippen molar-refractivity contribution in [2.75, 3.05) is 13.1 Å². The normalized spacial score (nSPS) is 10.9. The molecule has 0 fully saturated rings. The number of aromatic amines is 1. The zero-order valence-corrected chi connectivity index (χ0v) is 16.4. The second-order valence-electron chi connectivity index (χ2n) is 6.55. The van der Waals surface area contributed by atoms with Crippen LogP contribution in [-0.4, -0.2) is 35.0 Å². The van der Waals surface area contributed by atoms with Gasteiger partial charge < -0.3 is 20.1 Å². The van der Waals surface area contributed by atoms with Gasteiger partial charge in [0.15, 0.2) is 11.5 Å². The first kappa shape index (κ1) is 18.9. The van der Waals surface area contributed by atoms with Crippen molar-refractivity contribution in [1.29, 1.82) is 0 Å². The molecule has 0 bridgehead atoms. The van der Waals surface area contributed by atoms with E-state index in [9.17, 15) is 9.59 Å². The third-order valence-corrected chi connectivity index (χ3v) is 5.38. The molecule has 4 aromatic rings. The molecule has 0 aliphatic heterocycles. The topological polar surface area (TPSA) is 100 Å². The Morgan fingerprint density at radius 1 is 1.10 bits per heavy atom. The molecule has 7 nitrogen and oxygen atoms in total. The van der Waals surface area contributed by atoms with Crippen LogP contribution in [0.4, 0.5) is 0 Å². The summed E-state index contributed by atoms with van der Waals surface area (Å²) in [6, 6.07) is 13.3. The molecule has 2 amide bonds.